The molecule has 8 N–H and O–H groups in total. The SMILES string of the molecule is CC(N[C@@H](CCCN=C(N)N)C(=O)O)c1ccc(O)cc1O. The molecule has 0 saturated carbocycles. The van der Waals surface area contributed by atoms with Crippen LogP contribution in [0.2, 0.25) is 0 Å². The number of phenolic OH excluding ortho intramolecular Hbond substituents is 2. The van der Waals surface area contributed by atoms with Crippen LogP contribution < -0.4 is 16.8 Å². The van der Waals surface area contributed by atoms with E-state index in [1.807, 2.05) is 0 Å². The Balaban J connectivity index is 2.65. The molecule has 0 fully saturated rings. The number of aromatic hydroxyl groups is 2. The quantitative estimate of drug-likeness (QED) is 0.228. The molecular formula is C14H22N4O4. The molecule has 2 atom stereocenters. The molecule has 0 amide bonds. The van der Waals surface area contributed by atoms with Crippen LogP contribution in [0.1, 0.15) is 31.4 Å². The maximum Gasteiger partial charge on any atom is 0.320 e. The minimum Gasteiger partial charge on any atom is -0.508 e. The second-order valence-electron chi connectivity index (χ2n) is 4.97. The van der Waals surface area contributed by atoms with Crippen molar-refractivity contribution in [3.05, 3.63) is 23.8 Å². The van der Waals surface area contributed by atoms with Crippen LogP contribution in [0, 0.1) is 0 Å². The van der Waals surface area contributed by atoms with Gasteiger partial charge in [0.05, 0.1) is 0 Å². The van der Waals surface area contributed by atoms with E-state index < -0.39 is 18.1 Å². The predicted molar refractivity (Wildman–Crippen MR) is 82.7 cm³/mol. The number of carboxylic acids is 1. The Kier molecular flexibility index (Phi) is 6.46. The third-order valence-electron chi connectivity index (χ3n) is 3.18. The topological polar surface area (TPSA) is 154 Å². The number of rotatable bonds is 8. The summed E-state index contributed by atoms with van der Waals surface area (Å²) in [7, 11) is 0. The van der Waals surface area contributed by atoms with Gasteiger partial charge in [-0.25, -0.2) is 0 Å². The Morgan fingerprint density at radius 2 is 2.05 bits per heavy atom. The van der Waals surface area contributed by atoms with Crippen molar-refractivity contribution in [1.82, 2.24) is 5.32 Å². The van der Waals surface area contributed by atoms with Crippen molar-refractivity contribution in [3.63, 3.8) is 0 Å². The molecule has 0 aromatic heterocycles. The highest BCUT2D eigenvalue weighted by Gasteiger charge is 2.21. The average molecular weight is 310 g/mol. The molecular weight excluding hydrogens is 288 g/mol. The van der Waals surface area contributed by atoms with Gasteiger partial charge in [0.1, 0.15) is 17.5 Å². The molecule has 0 spiro atoms. The van der Waals surface area contributed by atoms with Crippen molar-refractivity contribution >= 4 is 11.9 Å². The lowest BCUT2D eigenvalue weighted by Crippen LogP contribution is -2.38. The zero-order valence-electron chi connectivity index (χ0n) is 12.4. The van der Waals surface area contributed by atoms with Gasteiger partial charge in [0, 0.05) is 24.2 Å². The first-order chi connectivity index (χ1) is 10.3. The Labute approximate surface area is 128 Å². The second kappa shape index (κ2) is 8.08. The first-order valence-electron chi connectivity index (χ1n) is 6.87. The first kappa shape index (κ1) is 17.6. The fourth-order valence-electron chi connectivity index (χ4n) is 2.07. The van der Waals surface area contributed by atoms with Gasteiger partial charge in [-0.15, -0.1) is 0 Å². The number of hydrogen-bond acceptors (Lipinski definition) is 5. The van der Waals surface area contributed by atoms with Crippen molar-refractivity contribution in [3.8, 4) is 11.5 Å². The zero-order valence-corrected chi connectivity index (χ0v) is 12.4. The summed E-state index contributed by atoms with van der Waals surface area (Å²) in [6.07, 6.45) is 0.853. The fourth-order valence-corrected chi connectivity index (χ4v) is 2.07. The van der Waals surface area contributed by atoms with E-state index in [1.165, 1.54) is 12.1 Å². The molecule has 0 heterocycles. The average Bonchev–Trinajstić information content (AvgIpc) is 2.41. The maximum atomic E-state index is 11.3. The molecule has 1 unspecified atom stereocenters. The molecule has 122 valence electrons. The highest BCUT2D eigenvalue weighted by atomic mass is 16.4. The smallest absolute Gasteiger partial charge is 0.320 e. The number of benzene rings is 1. The van der Waals surface area contributed by atoms with Gasteiger partial charge in [0.2, 0.25) is 0 Å². The summed E-state index contributed by atoms with van der Waals surface area (Å²) >= 11 is 0. The summed E-state index contributed by atoms with van der Waals surface area (Å²) < 4.78 is 0. The molecule has 0 saturated heterocycles. The third-order valence-corrected chi connectivity index (χ3v) is 3.18. The second-order valence-corrected chi connectivity index (χ2v) is 4.97. The molecule has 0 aliphatic rings. The van der Waals surface area contributed by atoms with Gasteiger partial charge in [-0.05, 0) is 25.8 Å². The molecule has 0 aliphatic heterocycles. The van der Waals surface area contributed by atoms with Crippen LogP contribution in [-0.4, -0.2) is 39.8 Å². The molecule has 1 aromatic carbocycles. The Bertz CT molecular complexity index is 544. The Hall–Kier alpha value is -2.48. The standard InChI is InChI=1S/C14H22N4O4/c1-8(10-5-4-9(19)7-12(10)20)18-11(13(21)22)3-2-6-17-14(15)16/h4-5,7-8,11,18-20H,2-3,6H2,1H3,(H,21,22)(H4,15,16,17)/t8?,11-/m0/s1. The van der Waals surface area contributed by atoms with Gasteiger partial charge in [-0.3, -0.25) is 15.1 Å². The summed E-state index contributed by atoms with van der Waals surface area (Å²) in [5, 5.41) is 31.2. The van der Waals surface area contributed by atoms with Crippen LogP contribution in [0.5, 0.6) is 11.5 Å². The van der Waals surface area contributed by atoms with E-state index in [0.29, 0.717) is 24.9 Å². The monoisotopic (exact) mass is 310 g/mol. The highest BCUT2D eigenvalue weighted by molar-refractivity contribution is 5.75. The summed E-state index contributed by atoms with van der Waals surface area (Å²) in [5.74, 6) is -1.16. The molecule has 8 nitrogen and oxygen atoms in total. The molecule has 8 heteroatoms. The van der Waals surface area contributed by atoms with E-state index >= 15 is 0 Å². The van der Waals surface area contributed by atoms with Crippen molar-refractivity contribution in [2.45, 2.75) is 31.8 Å². The molecule has 0 aliphatic carbocycles. The van der Waals surface area contributed by atoms with E-state index in [0.717, 1.165) is 0 Å². The number of aliphatic imine (C=N–C) groups is 1. The van der Waals surface area contributed by atoms with Gasteiger partial charge < -0.3 is 26.8 Å². The van der Waals surface area contributed by atoms with Crippen LogP contribution in [0.4, 0.5) is 0 Å². The van der Waals surface area contributed by atoms with Crippen LogP contribution in [0.25, 0.3) is 0 Å². The van der Waals surface area contributed by atoms with Crippen molar-refractivity contribution in [1.29, 1.82) is 0 Å². The first-order valence-corrected chi connectivity index (χ1v) is 6.87. The zero-order chi connectivity index (χ0) is 16.7. The number of carbonyl (C=O) groups is 1. The van der Waals surface area contributed by atoms with Crippen molar-refractivity contribution < 1.29 is 20.1 Å². The summed E-state index contributed by atoms with van der Waals surface area (Å²) in [6.45, 7) is 2.09. The van der Waals surface area contributed by atoms with E-state index in [-0.39, 0.29) is 17.5 Å². The van der Waals surface area contributed by atoms with Gasteiger partial charge in [-0.1, -0.05) is 6.07 Å². The molecule has 0 radical (unpaired) electrons. The van der Waals surface area contributed by atoms with E-state index in [9.17, 15) is 20.1 Å². The van der Waals surface area contributed by atoms with Crippen LogP contribution in [0.15, 0.2) is 23.2 Å². The normalized spacial score (nSPS) is 13.3. The number of nitrogens with one attached hydrogen (secondary N) is 1. The predicted octanol–water partition coefficient (Wildman–Crippen LogP) is 0.255. The maximum absolute atomic E-state index is 11.3. The van der Waals surface area contributed by atoms with E-state index in [2.05, 4.69) is 10.3 Å². The number of aliphatic carboxylic acids is 1. The number of guanidine groups is 1. The van der Waals surface area contributed by atoms with Crippen molar-refractivity contribution in [2.24, 2.45) is 16.5 Å². The summed E-state index contributed by atoms with van der Waals surface area (Å²) in [6, 6.07) is 2.99. The number of nitrogens with two attached hydrogens (primary N) is 2. The lowest BCUT2D eigenvalue weighted by Gasteiger charge is -2.21. The minimum absolute atomic E-state index is 0.0257. The van der Waals surface area contributed by atoms with Crippen LogP contribution in [0.3, 0.4) is 0 Å². The Morgan fingerprint density at radius 3 is 2.59 bits per heavy atom. The van der Waals surface area contributed by atoms with Gasteiger partial charge in [-0.2, -0.15) is 0 Å². The van der Waals surface area contributed by atoms with Crippen molar-refractivity contribution in [2.75, 3.05) is 6.54 Å². The van der Waals surface area contributed by atoms with E-state index in [1.54, 1.807) is 13.0 Å². The number of nitrogens with zero attached hydrogens (tertiary/aromatic N) is 1. The fraction of sp³-hybridized carbons (Fsp3) is 0.429. The molecule has 1 aromatic rings. The Morgan fingerprint density at radius 1 is 1.36 bits per heavy atom. The van der Waals surface area contributed by atoms with Crippen LogP contribution in [-0.2, 0) is 4.79 Å². The minimum atomic E-state index is -0.991. The number of hydrogen-bond donors (Lipinski definition) is 6. The lowest BCUT2D eigenvalue weighted by molar-refractivity contribution is -0.139. The van der Waals surface area contributed by atoms with Gasteiger partial charge >= 0.3 is 5.97 Å². The molecule has 22 heavy (non-hydrogen) atoms. The highest BCUT2D eigenvalue weighted by Crippen LogP contribution is 2.28. The van der Waals surface area contributed by atoms with E-state index in [4.69, 9.17) is 11.5 Å². The summed E-state index contributed by atoms with van der Waals surface area (Å²) in [4.78, 5) is 15.1. The number of phenols is 2. The van der Waals surface area contributed by atoms with Gasteiger partial charge in [0.25, 0.3) is 0 Å². The van der Waals surface area contributed by atoms with Crippen LogP contribution >= 0.6 is 0 Å². The molecule has 0 bridgehead atoms. The summed E-state index contributed by atoms with van der Waals surface area (Å²) in [5.41, 5.74) is 10.9. The third kappa shape index (κ3) is 5.49. The molecule has 1 rings (SSSR count). The number of carboxylic acid groups (broad SMARTS) is 1. The lowest BCUT2D eigenvalue weighted by atomic mass is 10.0. The van der Waals surface area contributed by atoms with Gasteiger partial charge in [0.15, 0.2) is 5.96 Å². The largest absolute Gasteiger partial charge is 0.508 e.